The number of rotatable bonds is 7. The van der Waals surface area contributed by atoms with Crippen LogP contribution in [0.3, 0.4) is 0 Å². The minimum atomic E-state index is -0.0260. The third-order valence-corrected chi connectivity index (χ3v) is 8.30. The lowest BCUT2D eigenvalue weighted by Crippen LogP contribution is -3.12. The first-order chi connectivity index (χ1) is 16.7. The molecule has 2 aliphatic rings. The van der Waals surface area contributed by atoms with Crippen molar-refractivity contribution in [1.82, 2.24) is 15.2 Å². The average molecular weight is 513 g/mol. The first-order valence-corrected chi connectivity index (χ1v) is 13.7. The van der Waals surface area contributed by atoms with Gasteiger partial charge in [-0.2, -0.15) is 0 Å². The molecule has 0 amide bonds. The van der Waals surface area contributed by atoms with E-state index in [1.54, 1.807) is 16.2 Å². The second-order valence-corrected chi connectivity index (χ2v) is 10.4. The van der Waals surface area contributed by atoms with Gasteiger partial charge in [-0.05, 0) is 51.7 Å². The van der Waals surface area contributed by atoms with Crippen LogP contribution in [0.5, 0.6) is 0 Å². The van der Waals surface area contributed by atoms with Crippen LogP contribution >= 0.6 is 11.3 Å². The zero-order valence-corrected chi connectivity index (χ0v) is 22.6. The number of piperidine rings is 1. The third kappa shape index (κ3) is 5.48. The van der Waals surface area contributed by atoms with Gasteiger partial charge in [-0.1, -0.05) is 30.3 Å². The fourth-order valence-electron chi connectivity index (χ4n) is 5.09. The van der Waals surface area contributed by atoms with Gasteiger partial charge in [0.15, 0.2) is 5.96 Å². The number of hydrogen-bond donors (Lipinski definition) is 3. The average Bonchev–Trinajstić information content (AvgIpc) is 3.27. The van der Waals surface area contributed by atoms with Gasteiger partial charge in [-0.25, -0.2) is 9.98 Å². The number of halogens is 1. The number of likely N-dealkylation sites (N-methyl/N-ethyl adjacent to an activating group) is 1. The van der Waals surface area contributed by atoms with Crippen molar-refractivity contribution in [2.75, 3.05) is 44.6 Å². The van der Waals surface area contributed by atoms with Crippen LogP contribution < -0.4 is 27.9 Å². The summed E-state index contributed by atoms with van der Waals surface area (Å²) in [6, 6.07) is 12.7. The van der Waals surface area contributed by atoms with Gasteiger partial charge >= 0.3 is 0 Å². The topological polar surface area (TPSA) is 57.0 Å². The van der Waals surface area contributed by atoms with E-state index in [1.165, 1.54) is 40.8 Å². The fraction of sp³-hybridized carbons (Fsp3) is 0.481. The Balaban J connectivity index is 0.00000289. The molecule has 1 atom stereocenters. The van der Waals surface area contributed by atoms with Gasteiger partial charge in [-0.3, -0.25) is 5.32 Å². The van der Waals surface area contributed by atoms with E-state index in [0.717, 1.165) is 61.3 Å². The highest BCUT2D eigenvalue weighted by atomic mass is 35.5. The Labute approximate surface area is 219 Å². The highest BCUT2D eigenvalue weighted by Crippen LogP contribution is 2.44. The molecule has 4 heterocycles. The maximum atomic E-state index is 5.19. The van der Waals surface area contributed by atoms with Crippen molar-refractivity contribution in [3.8, 4) is 11.3 Å². The summed E-state index contributed by atoms with van der Waals surface area (Å²) in [5.41, 5.74) is 4.66. The number of likely N-dealkylation sites (tertiary alicyclic amines) is 1. The van der Waals surface area contributed by atoms with E-state index in [9.17, 15) is 0 Å². The summed E-state index contributed by atoms with van der Waals surface area (Å²) < 4.78 is 0. The Kier molecular flexibility index (Phi) is 8.65. The standard InChI is InChI=1S/C27H36N6S.ClH/c1-4-32(5-2)17-14-28-25-24-23(30-27(31-25)33-15-10-7-11-16-33)22-19(3)18-21(29-26(22)34-24)20-12-8-6-9-13-20;/h6,8-9,12-13,18,25,28H,4-5,7,10-11,14-17H2,1-3H3,(H,30,31);1H. The van der Waals surface area contributed by atoms with Crippen LogP contribution in [-0.2, 0) is 0 Å². The summed E-state index contributed by atoms with van der Waals surface area (Å²) in [5.74, 6) is 1.02. The van der Waals surface area contributed by atoms with Crippen molar-refractivity contribution >= 4 is 33.2 Å². The highest BCUT2D eigenvalue weighted by Gasteiger charge is 2.30. The lowest BCUT2D eigenvalue weighted by Gasteiger charge is -2.34. The first-order valence-electron chi connectivity index (χ1n) is 12.8. The van der Waals surface area contributed by atoms with Gasteiger partial charge < -0.3 is 27.5 Å². The summed E-state index contributed by atoms with van der Waals surface area (Å²) >= 11 is 1.78. The summed E-state index contributed by atoms with van der Waals surface area (Å²) in [4.78, 5) is 16.7. The van der Waals surface area contributed by atoms with E-state index in [1.807, 2.05) is 0 Å². The van der Waals surface area contributed by atoms with Gasteiger partial charge in [-0.15, -0.1) is 11.3 Å². The van der Waals surface area contributed by atoms with Gasteiger partial charge in [0.05, 0.1) is 35.9 Å². The SMILES string of the molecule is CC[NH+](CC)CCNC1N=C(N2CCCCC2)Nc2c1sc1nc(-c3ccccc3)cc(C)c21.[Cl-]. The van der Waals surface area contributed by atoms with Gasteiger partial charge in [0, 0.05) is 30.6 Å². The third-order valence-electron chi connectivity index (χ3n) is 7.16. The summed E-state index contributed by atoms with van der Waals surface area (Å²) in [6.45, 7) is 13.3. The van der Waals surface area contributed by atoms with Gasteiger partial charge in [0.25, 0.3) is 0 Å². The molecule has 3 aromatic rings. The number of anilines is 1. The molecule has 3 N–H and O–H groups in total. The molecule has 0 bridgehead atoms. The number of aliphatic imine (C=N–C) groups is 1. The molecule has 0 saturated carbocycles. The molecule has 1 aromatic carbocycles. The van der Waals surface area contributed by atoms with Crippen molar-refractivity contribution in [2.45, 2.75) is 46.2 Å². The van der Waals surface area contributed by atoms with Crippen LogP contribution in [0.15, 0.2) is 41.4 Å². The zero-order valence-electron chi connectivity index (χ0n) is 21.0. The molecule has 2 aliphatic heterocycles. The number of benzene rings is 1. The number of pyridine rings is 1. The lowest BCUT2D eigenvalue weighted by molar-refractivity contribution is -0.895. The van der Waals surface area contributed by atoms with E-state index in [4.69, 9.17) is 9.98 Å². The van der Waals surface area contributed by atoms with E-state index < -0.39 is 0 Å². The van der Waals surface area contributed by atoms with E-state index in [0.29, 0.717) is 0 Å². The molecule has 35 heavy (non-hydrogen) atoms. The molecule has 0 spiro atoms. The van der Waals surface area contributed by atoms with E-state index in [-0.39, 0.29) is 18.6 Å². The van der Waals surface area contributed by atoms with Crippen LogP contribution in [0.4, 0.5) is 5.69 Å². The normalized spacial score (nSPS) is 17.7. The molecular weight excluding hydrogens is 476 g/mol. The fourth-order valence-corrected chi connectivity index (χ4v) is 6.31. The monoisotopic (exact) mass is 512 g/mol. The number of hydrogen-bond acceptors (Lipinski definition) is 6. The minimum Gasteiger partial charge on any atom is -1.00 e. The number of aryl methyl sites for hydroxylation is 1. The maximum absolute atomic E-state index is 5.19. The summed E-state index contributed by atoms with van der Waals surface area (Å²) in [5, 5.41) is 8.76. The first kappa shape index (κ1) is 25.9. The van der Waals surface area contributed by atoms with Gasteiger partial charge in [0.2, 0.25) is 0 Å². The molecule has 8 heteroatoms. The van der Waals surface area contributed by atoms with E-state index >= 15 is 0 Å². The maximum Gasteiger partial charge on any atom is 0.200 e. The Morgan fingerprint density at radius 3 is 2.57 bits per heavy atom. The predicted octanol–water partition coefficient (Wildman–Crippen LogP) is 1.06. The summed E-state index contributed by atoms with van der Waals surface area (Å²) in [7, 11) is 0. The van der Waals surface area contributed by atoms with Crippen LogP contribution in [0.1, 0.15) is 49.7 Å². The highest BCUT2D eigenvalue weighted by molar-refractivity contribution is 7.19. The van der Waals surface area contributed by atoms with E-state index in [2.05, 4.69) is 72.7 Å². The molecular formula is C27H37ClN6S. The Morgan fingerprint density at radius 1 is 1.11 bits per heavy atom. The number of guanidine groups is 1. The van der Waals surface area contributed by atoms with Crippen molar-refractivity contribution in [3.05, 3.63) is 46.8 Å². The number of quaternary nitrogens is 1. The lowest BCUT2D eigenvalue weighted by atomic mass is 10.1. The Hall–Kier alpha value is -2.19. The Morgan fingerprint density at radius 2 is 1.86 bits per heavy atom. The van der Waals surface area contributed by atoms with Crippen molar-refractivity contribution in [3.63, 3.8) is 0 Å². The molecule has 188 valence electrons. The van der Waals surface area contributed by atoms with Crippen molar-refractivity contribution in [2.24, 2.45) is 4.99 Å². The molecule has 6 nitrogen and oxygen atoms in total. The summed E-state index contributed by atoms with van der Waals surface area (Å²) in [6.07, 6.45) is 3.77. The molecule has 1 fully saturated rings. The number of thiophene rings is 1. The molecule has 1 saturated heterocycles. The number of fused-ring (bicyclic) bond motifs is 3. The van der Waals surface area contributed by atoms with Crippen molar-refractivity contribution < 1.29 is 17.3 Å². The minimum absolute atomic E-state index is 0. The van der Waals surface area contributed by atoms with Gasteiger partial charge in [0.1, 0.15) is 11.0 Å². The number of nitrogens with one attached hydrogen (secondary N) is 3. The number of aromatic nitrogens is 1. The van der Waals surface area contributed by atoms with Crippen LogP contribution in [0.2, 0.25) is 0 Å². The smallest absolute Gasteiger partial charge is 0.200 e. The van der Waals surface area contributed by atoms with Crippen LogP contribution in [0.25, 0.3) is 21.5 Å². The predicted molar refractivity (Wildman–Crippen MR) is 144 cm³/mol. The second-order valence-electron chi connectivity index (χ2n) is 9.40. The second kappa shape index (κ2) is 11.7. The van der Waals surface area contributed by atoms with Crippen LogP contribution in [0, 0.1) is 6.92 Å². The zero-order chi connectivity index (χ0) is 23.5. The van der Waals surface area contributed by atoms with Crippen molar-refractivity contribution in [1.29, 1.82) is 0 Å². The van der Waals surface area contributed by atoms with Crippen LogP contribution in [-0.4, -0.2) is 55.1 Å². The molecule has 0 radical (unpaired) electrons. The molecule has 5 rings (SSSR count). The number of nitrogens with zero attached hydrogens (tertiary/aromatic N) is 3. The Bertz CT molecular complexity index is 1150. The molecule has 2 aromatic heterocycles. The largest absolute Gasteiger partial charge is 1.00 e. The molecule has 0 aliphatic carbocycles. The molecule has 1 unspecified atom stereocenters. The quantitative estimate of drug-likeness (QED) is 0.443.